The number of methoxy groups -OCH3 is 2. The summed E-state index contributed by atoms with van der Waals surface area (Å²) in [5.74, 6) is -0.941. The molecule has 0 radical (unpaired) electrons. The summed E-state index contributed by atoms with van der Waals surface area (Å²) in [5, 5.41) is 5.91. The Bertz CT molecular complexity index is 1680. The number of benzene rings is 2. The number of piperazine rings is 1. The van der Waals surface area contributed by atoms with Crippen LogP contribution in [-0.4, -0.2) is 91.6 Å². The molecule has 0 saturated carbocycles. The molecule has 14 heteroatoms. The zero-order valence-corrected chi connectivity index (χ0v) is 26.1. The monoisotopic (exact) mass is 652 g/mol. The molecule has 4 heterocycles. The number of hydrogen-bond donors (Lipinski definition) is 1. The highest BCUT2D eigenvalue weighted by Crippen LogP contribution is 2.37. The van der Waals surface area contributed by atoms with E-state index in [1.807, 2.05) is 34.5 Å². The van der Waals surface area contributed by atoms with Gasteiger partial charge in [0, 0.05) is 66.3 Å². The van der Waals surface area contributed by atoms with Crippen LogP contribution in [0.2, 0.25) is 5.02 Å². The van der Waals surface area contributed by atoms with E-state index in [9.17, 15) is 18.8 Å². The summed E-state index contributed by atoms with van der Waals surface area (Å²) >= 11 is 7.86. The molecule has 45 heavy (non-hydrogen) atoms. The van der Waals surface area contributed by atoms with Crippen LogP contribution >= 0.6 is 22.9 Å². The summed E-state index contributed by atoms with van der Waals surface area (Å²) in [7, 11) is 2.65. The first-order chi connectivity index (χ1) is 21.7. The van der Waals surface area contributed by atoms with E-state index >= 15 is 0 Å². The van der Waals surface area contributed by atoms with Gasteiger partial charge >= 0.3 is 18.0 Å². The number of esters is 2. The van der Waals surface area contributed by atoms with Gasteiger partial charge in [-0.1, -0.05) is 29.8 Å². The van der Waals surface area contributed by atoms with E-state index < -0.39 is 17.8 Å². The number of amidine groups is 1. The number of aliphatic imine (C=N–C) groups is 1. The number of hydrogen-bond acceptors (Lipinski definition) is 10. The van der Waals surface area contributed by atoms with Crippen molar-refractivity contribution in [3.8, 4) is 0 Å². The Balaban J connectivity index is 1.25. The third kappa shape index (κ3) is 6.28. The molecule has 1 N–H and O–H groups in total. The Morgan fingerprint density at radius 3 is 2.60 bits per heavy atom. The molecule has 2 unspecified atom stereocenters. The molecule has 3 aliphatic heterocycles. The van der Waals surface area contributed by atoms with E-state index in [4.69, 9.17) is 26.1 Å². The molecule has 0 aliphatic carbocycles. The van der Waals surface area contributed by atoms with Crippen LogP contribution in [0, 0.1) is 5.82 Å². The topological polar surface area (TPSA) is 117 Å². The molecule has 2 fully saturated rings. The van der Waals surface area contributed by atoms with Gasteiger partial charge in [-0.3, -0.25) is 19.6 Å². The van der Waals surface area contributed by atoms with Gasteiger partial charge in [0.1, 0.15) is 11.9 Å². The number of carbonyl (C=O) groups is 3. The lowest BCUT2D eigenvalue weighted by Gasteiger charge is -2.38. The number of nitrogens with one attached hydrogen (secondary N) is 1. The molecular weight excluding hydrogens is 623 g/mol. The van der Waals surface area contributed by atoms with E-state index in [-0.39, 0.29) is 35.1 Å². The first-order valence-corrected chi connectivity index (χ1v) is 15.5. The van der Waals surface area contributed by atoms with Crippen LogP contribution in [0.1, 0.15) is 22.2 Å². The van der Waals surface area contributed by atoms with Crippen LogP contribution in [0.5, 0.6) is 0 Å². The maximum Gasteiger partial charge on any atom is 0.338 e. The Labute approximate surface area is 267 Å². The minimum atomic E-state index is -0.854. The molecule has 6 rings (SSSR count). The van der Waals surface area contributed by atoms with Crippen LogP contribution in [-0.2, 0) is 25.5 Å². The third-order valence-corrected chi connectivity index (χ3v) is 9.17. The van der Waals surface area contributed by atoms with Gasteiger partial charge in [0.15, 0.2) is 10.8 Å². The lowest BCUT2D eigenvalue weighted by Crippen LogP contribution is -2.53. The minimum absolute atomic E-state index is 0.0742. The molecule has 0 bridgehead atoms. The number of halogens is 2. The number of thiazole rings is 1. The molecule has 11 nitrogen and oxygen atoms in total. The number of urea groups is 1. The number of aromatic nitrogens is 1. The maximum atomic E-state index is 14.0. The van der Waals surface area contributed by atoms with Gasteiger partial charge in [-0.2, -0.15) is 0 Å². The Hall–Kier alpha value is -4.33. The minimum Gasteiger partial charge on any atom is -0.469 e. The predicted octanol–water partition coefficient (Wildman–Crippen LogP) is 3.80. The summed E-state index contributed by atoms with van der Waals surface area (Å²) in [6.07, 6.45) is 1.83. The summed E-state index contributed by atoms with van der Waals surface area (Å²) in [6.45, 7) is 2.46. The molecule has 2 amide bonds. The highest BCUT2D eigenvalue weighted by Gasteiger charge is 2.42. The average molecular weight is 653 g/mol. The number of nitrogens with zero attached hydrogens (tertiary/aromatic N) is 5. The summed E-state index contributed by atoms with van der Waals surface area (Å²) in [5.41, 5.74) is 2.86. The van der Waals surface area contributed by atoms with Crippen molar-refractivity contribution in [1.82, 2.24) is 20.1 Å². The molecule has 2 aromatic carbocycles. The second-order valence-electron chi connectivity index (χ2n) is 10.8. The molecular formula is C31H30ClFN6O5S. The van der Waals surface area contributed by atoms with Crippen LogP contribution in [0.4, 0.5) is 14.9 Å². The van der Waals surface area contributed by atoms with Crippen molar-refractivity contribution in [2.45, 2.75) is 18.5 Å². The average Bonchev–Trinajstić information content (AvgIpc) is 3.69. The first-order valence-electron chi connectivity index (χ1n) is 14.2. The second kappa shape index (κ2) is 13.0. The van der Waals surface area contributed by atoms with Gasteiger partial charge in [0.25, 0.3) is 0 Å². The van der Waals surface area contributed by atoms with E-state index in [1.54, 1.807) is 11.1 Å². The van der Waals surface area contributed by atoms with E-state index in [1.165, 1.54) is 43.8 Å². The Morgan fingerprint density at radius 2 is 1.91 bits per heavy atom. The van der Waals surface area contributed by atoms with Crippen LogP contribution in [0.3, 0.4) is 0 Å². The summed E-state index contributed by atoms with van der Waals surface area (Å²) in [6, 6.07) is 10.3. The molecule has 234 valence electrons. The predicted molar refractivity (Wildman–Crippen MR) is 167 cm³/mol. The van der Waals surface area contributed by atoms with E-state index in [2.05, 4.69) is 15.2 Å². The maximum absolute atomic E-state index is 14.0. The van der Waals surface area contributed by atoms with Crippen LogP contribution < -0.4 is 10.2 Å². The van der Waals surface area contributed by atoms with E-state index in [0.29, 0.717) is 54.8 Å². The quantitative estimate of drug-likeness (QED) is 0.366. The van der Waals surface area contributed by atoms with Gasteiger partial charge in [-0.25, -0.2) is 19.0 Å². The Kier molecular flexibility index (Phi) is 8.83. The Morgan fingerprint density at radius 1 is 1.11 bits per heavy atom. The van der Waals surface area contributed by atoms with Gasteiger partial charge in [-0.05, 0) is 29.8 Å². The fraction of sp³-hybridized carbons (Fsp3) is 0.323. The lowest BCUT2D eigenvalue weighted by atomic mass is 9.95. The molecule has 0 spiro atoms. The van der Waals surface area contributed by atoms with Crippen molar-refractivity contribution >= 4 is 52.4 Å². The lowest BCUT2D eigenvalue weighted by molar-refractivity contribution is -0.140. The van der Waals surface area contributed by atoms with E-state index in [0.717, 1.165) is 11.3 Å². The number of amides is 2. The number of fused-ring (bicyclic) bond motifs is 1. The van der Waals surface area contributed by atoms with Gasteiger partial charge < -0.3 is 19.7 Å². The fourth-order valence-corrected chi connectivity index (χ4v) is 6.71. The largest absolute Gasteiger partial charge is 0.469 e. The molecule has 3 aliphatic rings. The first kappa shape index (κ1) is 30.7. The van der Waals surface area contributed by atoms with Crippen molar-refractivity contribution in [3.63, 3.8) is 0 Å². The fourth-order valence-electron chi connectivity index (χ4n) is 5.86. The van der Waals surface area contributed by atoms with Crippen molar-refractivity contribution in [3.05, 3.63) is 92.3 Å². The standard InChI is InChI=1S/C31H30ClFN6O5S/c1-43-25(40)13-18-3-6-20(7-4-18)39-16-21-15-37(10-11-38(21)31(39)42)17-24-26(30(41)44-2)27(22-8-5-19(33)14-23(22)32)36-28(35-24)29-34-9-12-45-29/h3-9,12,14,21,27H,10-11,13,15-17H2,1-2H3,(H,35,36). The van der Waals surface area contributed by atoms with Crippen LogP contribution in [0.15, 0.2) is 70.3 Å². The highest BCUT2D eigenvalue weighted by molar-refractivity contribution is 7.11. The van der Waals surface area contributed by atoms with Crippen LogP contribution in [0.25, 0.3) is 0 Å². The normalized spacial score (nSPS) is 20.1. The van der Waals surface area contributed by atoms with Gasteiger partial charge in [0.2, 0.25) is 0 Å². The molecule has 1 aromatic heterocycles. The van der Waals surface area contributed by atoms with Gasteiger partial charge in [0.05, 0.1) is 32.3 Å². The number of ether oxygens (including phenoxy) is 2. The SMILES string of the molecule is COC(=O)Cc1ccc(N2CC3CN(CC4=C(C(=O)OC)C(c5ccc(F)cc5Cl)N=C(c5nccs5)N4)CCN3C2=O)cc1. The zero-order valence-electron chi connectivity index (χ0n) is 24.5. The van der Waals surface area contributed by atoms with Crippen molar-refractivity contribution in [1.29, 1.82) is 0 Å². The number of rotatable bonds is 8. The summed E-state index contributed by atoms with van der Waals surface area (Å²) < 4.78 is 23.9. The number of carbonyl (C=O) groups excluding carboxylic acids is 3. The molecule has 2 atom stereocenters. The summed E-state index contributed by atoms with van der Waals surface area (Å²) in [4.78, 5) is 53.3. The molecule has 3 aromatic rings. The van der Waals surface area contributed by atoms with Gasteiger partial charge in [-0.15, -0.1) is 11.3 Å². The van der Waals surface area contributed by atoms with Crippen molar-refractivity contribution in [2.75, 3.05) is 51.8 Å². The highest BCUT2D eigenvalue weighted by atomic mass is 35.5. The third-order valence-electron chi connectivity index (χ3n) is 8.07. The molecule has 2 saturated heterocycles. The number of anilines is 1. The van der Waals surface area contributed by atoms with Crippen molar-refractivity contribution in [2.24, 2.45) is 4.99 Å². The van der Waals surface area contributed by atoms with Crippen molar-refractivity contribution < 1.29 is 28.2 Å². The zero-order chi connectivity index (χ0) is 31.7. The smallest absolute Gasteiger partial charge is 0.338 e. The second-order valence-corrected chi connectivity index (χ2v) is 12.1.